The van der Waals surface area contributed by atoms with Gasteiger partial charge in [-0.2, -0.15) is 0 Å². The van der Waals surface area contributed by atoms with Crippen LogP contribution in [0.25, 0.3) is 0 Å². The zero-order valence-electron chi connectivity index (χ0n) is 7.31. The van der Waals surface area contributed by atoms with Gasteiger partial charge in [-0.05, 0) is 5.56 Å². The van der Waals surface area contributed by atoms with Crippen LogP contribution in [-0.2, 0) is 21.2 Å². The smallest absolute Gasteiger partial charge is 0.102 e. The topological polar surface area (TPSA) is 27.7 Å². The van der Waals surface area contributed by atoms with Gasteiger partial charge in [-0.15, -0.1) is 0 Å². The summed E-state index contributed by atoms with van der Waals surface area (Å²) >= 11 is 0. The molecule has 1 aromatic carbocycles. The van der Waals surface area contributed by atoms with Crippen molar-refractivity contribution in [3.05, 3.63) is 35.9 Å². The van der Waals surface area contributed by atoms with Gasteiger partial charge >= 0.3 is 0 Å². The molecule has 1 heterocycles. The number of rotatable bonds is 2. The summed E-state index contributed by atoms with van der Waals surface area (Å²) in [6.07, 6.45) is 1.88. The average molecular weight is 180 g/mol. The quantitative estimate of drug-likeness (QED) is 0.650. The average Bonchev–Trinajstić information content (AvgIpc) is 2.21. The van der Waals surface area contributed by atoms with Gasteiger partial charge < -0.3 is 0 Å². The van der Waals surface area contributed by atoms with E-state index in [0.29, 0.717) is 6.61 Å². The van der Waals surface area contributed by atoms with E-state index >= 15 is 0 Å². The second-order valence-corrected chi connectivity index (χ2v) is 3.09. The fourth-order valence-electron chi connectivity index (χ4n) is 1.36. The van der Waals surface area contributed by atoms with Crippen molar-refractivity contribution < 1.29 is 14.8 Å². The fraction of sp³-hybridized carbons (Fsp3) is 0.400. The highest BCUT2D eigenvalue weighted by molar-refractivity contribution is 5.15. The molecule has 0 amide bonds. The Balaban J connectivity index is 1.90. The molecule has 2 rings (SSSR count). The van der Waals surface area contributed by atoms with Crippen molar-refractivity contribution in [3.8, 4) is 0 Å². The second-order valence-electron chi connectivity index (χ2n) is 3.09. The lowest BCUT2D eigenvalue weighted by atomic mass is 10.1. The number of hydrogen-bond acceptors (Lipinski definition) is 3. The van der Waals surface area contributed by atoms with Crippen LogP contribution < -0.4 is 0 Å². The minimum atomic E-state index is 0.121. The largest absolute Gasteiger partial charge is 0.206 e. The first-order valence-corrected chi connectivity index (χ1v) is 4.44. The predicted octanol–water partition coefficient (Wildman–Crippen LogP) is 1.88. The highest BCUT2D eigenvalue weighted by Crippen LogP contribution is 2.13. The molecule has 0 aromatic heterocycles. The number of benzene rings is 1. The van der Waals surface area contributed by atoms with Crippen LogP contribution in [0.5, 0.6) is 0 Å². The molecule has 1 saturated heterocycles. The normalized spacial score (nSPS) is 22.9. The van der Waals surface area contributed by atoms with Crippen molar-refractivity contribution in [2.24, 2.45) is 0 Å². The molecule has 1 aliphatic rings. The SMILES string of the molecule is c1ccc(C[C@H]2CCOOO2)cc1. The van der Waals surface area contributed by atoms with Gasteiger partial charge in [0, 0.05) is 12.8 Å². The molecule has 1 atom stereocenters. The van der Waals surface area contributed by atoms with Crippen molar-refractivity contribution in [2.75, 3.05) is 6.61 Å². The van der Waals surface area contributed by atoms with Crippen LogP contribution in [0.3, 0.4) is 0 Å². The Hall–Kier alpha value is -0.900. The number of hydrogen-bond donors (Lipinski definition) is 0. The molecule has 0 spiro atoms. The van der Waals surface area contributed by atoms with E-state index in [4.69, 9.17) is 4.89 Å². The zero-order valence-corrected chi connectivity index (χ0v) is 7.31. The molecule has 13 heavy (non-hydrogen) atoms. The van der Waals surface area contributed by atoms with E-state index in [1.165, 1.54) is 5.56 Å². The molecule has 0 bridgehead atoms. The highest BCUT2D eigenvalue weighted by Gasteiger charge is 2.16. The lowest BCUT2D eigenvalue weighted by Gasteiger charge is -2.19. The monoisotopic (exact) mass is 180 g/mol. The molecule has 70 valence electrons. The minimum Gasteiger partial charge on any atom is -0.206 e. The summed E-state index contributed by atoms with van der Waals surface area (Å²) in [5, 5.41) is 4.45. The van der Waals surface area contributed by atoms with Crippen LogP contribution >= 0.6 is 0 Å². The molecule has 0 saturated carbocycles. The van der Waals surface area contributed by atoms with Gasteiger partial charge in [0.25, 0.3) is 0 Å². The molecule has 1 aliphatic heterocycles. The Morgan fingerprint density at radius 2 is 2.08 bits per heavy atom. The van der Waals surface area contributed by atoms with Crippen LogP contribution in [0.15, 0.2) is 30.3 Å². The van der Waals surface area contributed by atoms with Crippen LogP contribution in [0, 0.1) is 0 Å². The van der Waals surface area contributed by atoms with E-state index in [1.54, 1.807) is 0 Å². The lowest BCUT2D eigenvalue weighted by Crippen LogP contribution is -2.24. The van der Waals surface area contributed by atoms with Gasteiger partial charge in [0.2, 0.25) is 0 Å². The molecular formula is C10H12O3. The molecule has 0 unspecified atom stereocenters. The van der Waals surface area contributed by atoms with Gasteiger partial charge in [0.15, 0.2) is 0 Å². The summed E-state index contributed by atoms with van der Waals surface area (Å²) < 4.78 is 0. The molecule has 3 nitrogen and oxygen atoms in total. The van der Waals surface area contributed by atoms with E-state index in [-0.39, 0.29) is 6.10 Å². The first-order valence-electron chi connectivity index (χ1n) is 4.44. The molecule has 0 N–H and O–H groups in total. The maximum absolute atomic E-state index is 4.96. The molecule has 1 aromatic rings. The third-order valence-electron chi connectivity index (χ3n) is 2.05. The Labute approximate surface area is 77.1 Å². The van der Waals surface area contributed by atoms with Gasteiger partial charge in [0.1, 0.15) is 6.10 Å². The fourth-order valence-corrected chi connectivity index (χ4v) is 1.36. The molecule has 1 fully saturated rings. The standard InChI is InChI=1S/C10H12O3/c1-2-4-9(5-3-1)8-10-6-7-11-13-12-10/h1-5,10H,6-8H2/t10-/m1/s1. The van der Waals surface area contributed by atoms with Crippen LogP contribution in [0.1, 0.15) is 12.0 Å². The second kappa shape index (κ2) is 4.37. The highest BCUT2D eigenvalue weighted by atomic mass is 17.5. The molecule has 0 radical (unpaired) electrons. The van der Waals surface area contributed by atoms with E-state index < -0.39 is 0 Å². The van der Waals surface area contributed by atoms with Crippen molar-refractivity contribution in [2.45, 2.75) is 18.9 Å². The summed E-state index contributed by atoms with van der Waals surface area (Å²) in [5.74, 6) is 0. The summed E-state index contributed by atoms with van der Waals surface area (Å²) in [7, 11) is 0. The lowest BCUT2D eigenvalue weighted by molar-refractivity contribution is -0.548. The molecular weight excluding hydrogens is 168 g/mol. The third kappa shape index (κ3) is 2.52. The first kappa shape index (κ1) is 8.69. The van der Waals surface area contributed by atoms with Gasteiger partial charge in [-0.1, -0.05) is 35.4 Å². The maximum Gasteiger partial charge on any atom is 0.102 e. The summed E-state index contributed by atoms with van der Waals surface area (Å²) in [6.45, 7) is 0.609. The van der Waals surface area contributed by atoms with Crippen molar-refractivity contribution >= 4 is 0 Å². The Kier molecular flexibility index (Phi) is 2.92. The maximum atomic E-state index is 4.96. The van der Waals surface area contributed by atoms with Crippen LogP contribution in [0.4, 0.5) is 0 Å². The summed E-state index contributed by atoms with van der Waals surface area (Å²) in [5.41, 5.74) is 1.26. The molecule has 0 aliphatic carbocycles. The van der Waals surface area contributed by atoms with Crippen LogP contribution in [-0.4, -0.2) is 12.7 Å². The summed E-state index contributed by atoms with van der Waals surface area (Å²) in [4.78, 5) is 9.57. The van der Waals surface area contributed by atoms with Gasteiger partial charge in [-0.25, -0.2) is 9.78 Å². The zero-order chi connectivity index (χ0) is 8.93. The first-order chi connectivity index (χ1) is 6.45. The predicted molar refractivity (Wildman–Crippen MR) is 46.7 cm³/mol. The van der Waals surface area contributed by atoms with E-state index in [0.717, 1.165) is 12.8 Å². The van der Waals surface area contributed by atoms with E-state index in [1.807, 2.05) is 18.2 Å². The van der Waals surface area contributed by atoms with Crippen molar-refractivity contribution in [1.82, 2.24) is 0 Å². The van der Waals surface area contributed by atoms with Gasteiger partial charge in [0.05, 0.1) is 6.61 Å². The van der Waals surface area contributed by atoms with Crippen molar-refractivity contribution in [1.29, 1.82) is 0 Å². The summed E-state index contributed by atoms with van der Waals surface area (Å²) in [6, 6.07) is 10.2. The Morgan fingerprint density at radius 3 is 2.77 bits per heavy atom. The molecule has 3 heteroatoms. The minimum absolute atomic E-state index is 0.121. The third-order valence-corrected chi connectivity index (χ3v) is 2.05. The van der Waals surface area contributed by atoms with Crippen molar-refractivity contribution in [3.63, 3.8) is 0 Å². The van der Waals surface area contributed by atoms with E-state index in [9.17, 15) is 0 Å². The van der Waals surface area contributed by atoms with Crippen LogP contribution in [0.2, 0.25) is 0 Å². The van der Waals surface area contributed by atoms with Gasteiger partial charge in [-0.3, -0.25) is 0 Å². The Bertz CT molecular complexity index is 242. The van der Waals surface area contributed by atoms with E-state index in [2.05, 4.69) is 22.1 Å². The Morgan fingerprint density at radius 1 is 1.23 bits per heavy atom.